The summed E-state index contributed by atoms with van der Waals surface area (Å²) in [5.41, 5.74) is 0.866. The number of rotatable bonds is 7. The molecular weight excluding hydrogens is 528 g/mol. The molecule has 2 aromatic carbocycles. The molecule has 3 aromatic rings. The molecule has 0 amide bonds. The van der Waals surface area contributed by atoms with Gasteiger partial charge < -0.3 is 9.64 Å². The van der Waals surface area contributed by atoms with Crippen LogP contribution in [0.5, 0.6) is 0 Å². The first-order valence-corrected chi connectivity index (χ1v) is 12.9. The van der Waals surface area contributed by atoms with E-state index < -0.39 is 34.6 Å². The predicted octanol–water partition coefficient (Wildman–Crippen LogP) is 4.69. The fourth-order valence-electron chi connectivity index (χ4n) is 4.32. The van der Waals surface area contributed by atoms with Crippen molar-refractivity contribution >= 4 is 28.4 Å². The van der Waals surface area contributed by atoms with Gasteiger partial charge in [-0.15, -0.1) is 0 Å². The van der Waals surface area contributed by atoms with E-state index in [-0.39, 0.29) is 54.0 Å². The highest BCUT2D eigenvalue weighted by Crippen LogP contribution is 2.42. The minimum atomic E-state index is -4.88. The third kappa shape index (κ3) is 6.21. The lowest BCUT2D eigenvalue weighted by Gasteiger charge is -2.33. The Balaban J connectivity index is 1.90. The monoisotopic (exact) mass is 552 g/mol. The molecule has 0 atom stereocenters. The Kier molecular flexibility index (Phi) is 8.14. The number of benzene rings is 2. The molecule has 0 aliphatic carbocycles. The van der Waals surface area contributed by atoms with Crippen molar-refractivity contribution < 1.29 is 35.5 Å². The van der Waals surface area contributed by atoms with E-state index in [4.69, 9.17) is 4.74 Å². The van der Waals surface area contributed by atoms with Crippen LogP contribution in [0, 0.1) is 11.7 Å². The number of hydrogen-bond donors (Lipinski definition) is 2. The zero-order valence-electron chi connectivity index (χ0n) is 20.2. The predicted molar refractivity (Wildman–Crippen MR) is 133 cm³/mol. The highest BCUT2D eigenvalue weighted by molar-refractivity contribution is 7.73. The molecule has 202 valence electrons. The van der Waals surface area contributed by atoms with Crippen molar-refractivity contribution in [3.63, 3.8) is 0 Å². The van der Waals surface area contributed by atoms with Crippen LogP contribution in [0.4, 0.5) is 29.1 Å². The van der Waals surface area contributed by atoms with E-state index in [2.05, 4.69) is 14.7 Å². The molecule has 0 unspecified atom stereocenters. The molecule has 4 rings (SSSR count). The second-order valence-electron chi connectivity index (χ2n) is 8.56. The van der Waals surface area contributed by atoms with Crippen LogP contribution in [0.3, 0.4) is 0 Å². The molecule has 1 fully saturated rings. The first-order valence-electron chi connectivity index (χ1n) is 11.7. The third-order valence-electron chi connectivity index (χ3n) is 6.05. The van der Waals surface area contributed by atoms with Gasteiger partial charge in [0, 0.05) is 24.3 Å². The molecule has 0 bridgehead atoms. The number of halogens is 4. The van der Waals surface area contributed by atoms with E-state index in [9.17, 15) is 30.8 Å². The molecular formula is C25H24F4N4O4S. The average Bonchev–Trinajstić information content (AvgIpc) is 2.88. The summed E-state index contributed by atoms with van der Waals surface area (Å²) in [6, 6.07) is 10.9. The summed E-state index contributed by atoms with van der Waals surface area (Å²) in [6.07, 6.45) is -4.20. The molecule has 13 heteroatoms. The number of piperidine rings is 1. The van der Waals surface area contributed by atoms with Crippen LogP contribution in [0.25, 0.3) is 22.4 Å². The minimum Gasteiger partial charge on any atom is -0.466 e. The average molecular weight is 553 g/mol. The van der Waals surface area contributed by atoms with Gasteiger partial charge in [-0.2, -0.15) is 13.2 Å². The lowest BCUT2D eigenvalue weighted by atomic mass is 9.94. The summed E-state index contributed by atoms with van der Waals surface area (Å²) in [5, 5.41) is 0. The van der Waals surface area contributed by atoms with E-state index in [0.717, 1.165) is 12.1 Å². The number of nitrogens with zero attached hydrogens (tertiary/aromatic N) is 3. The minimum absolute atomic E-state index is 0.0300. The van der Waals surface area contributed by atoms with E-state index >= 15 is 0 Å². The summed E-state index contributed by atoms with van der Waals surface area (Å²) in [5.74, 6) is -2.73. The standard InChI is InChI=1S/C25H24F4N4O4S/c1-2-37-23(34)16-10-12-33(13-11-16)22-20(17-4-3-5-19(14-17)32-38(35)36)21(15-6-8-18(26)9-7-15)30-24(31-22)25(27,28)29/h3-9,14,16,38H,2,10-13H2,1H3,(H,32,35,36). The summed E-state index contributed by atoms with van der Waals surface area (Å²) in [6.45, 7) is 2.36. The van der Waals surface area contributed by atoms with Crippen molar-refractivity contribution in [1.82, 2.24) is 9.97 Å². The van der Waals surface area contributed by atoms with Gasteiger partial charge in [0.25, 0.3) is 0 Å². The van der Waals surface area contributed by atoms with Crippen molar-refractivity contribution in [1.29, 1.82) is 0 Å². The van der Waals surface area contributed by atoms with Gasteiger partial charge in [-0.3, -0.25) is 9.52 Å². The zero-order valence-corrected chi connectivity index (χ0v) is 21.1. The van der Waals surface area contributed by atoms with Crippen LogP contribution in [-0.4, -0.2) is 44.1 Å². The normalized spacial score (nSPS) is 14.5. The van der Waals surface area contributed by atoms with E-state index in [1.165, 1.54) is 24.3 Å². The molecule has 1 N–H and O–H groups in total. The Hall–Kier alpha value is -3.74. The smallest absolute Gasteiger partial charge is 0.451 e. The molecule has 1 saturated heterocycles. The molecule has 38 heavy (non-hydrogen) atoms. The largest absolute Gasteiger partial charge is 0.466 e. The first kappa shape index (κ1) is 27.3. The van der Waals surface area contributed by atoms with Crippen molar-refractivity contribution in [2.75, 3.05) is 29.3 Å². The number of ether oxygens (including phenoxy) is 1. The molecule has 2 heterocycles. The van der Waals surface area contributed by atoms with Crippen molar-refractivity contribution in [3.8, 4) is 22.4 Å². The molecule has 1 aromatic heterocycles. The van der Waals surface area contributed by atoms with Gasteiger partial charge in [0.15, 0.2) is 0 Å². The van der Waals surface area contributed by atoms with Crippen molar-refractivity contribution in [3.05, 3.63) is 60.2 Å². The molecule has 1 aliphatic rings. The van der Waals surface area contributed by atoms with E-state index in [0.29, 0.717) is 18.4 Å². The summed E-state index contributed by atoms with van der Waals surface area (Å²) in [7, 11) is -2.99. The second-order valence-corrected chi connectivity index (χ2v) is 9.30. The Morgan fingerprint density at radius 1 is 1.08 bits per heavy atom. The fraction of sp³-hybridized carbons (Fsp3) is 0.320. The molecule has 0 spiro atoms. The lowest BCUT2D eigenvalue weighted by Crippen LogP contribution is -2.38. The molecule has 0 radical (unpaired) electrons. The van der Waals surface area contributed by atoms with Gasteiger partial charge in [-0.1, -0.05) is 12.1 Å². The van der Waals surface area contributed by atoms with Crippen LogP contribution >= 0.6 is 0 Å². The van der Waals surface area contributed by atoms with Crippen molar-refractivity contribution in [2.24, 2.45) is 5.92 Å². The number of alkyl halides is 3. The topological polar surface area (TPSA) is 101 Å². The summed E-state index contributed by atoms with van der Waals surface area (Å²) >= 11 is 0. The van der Waals surface area contributed by atoms with Gasteiger partial charge in [0.05, 0.1) is 23.8 Å². The molecule has 1 aliphatic heterocycles. The van der Waals surface area contributed by atoms with Crippen LogP contribution in [-0.2, 0) is 26.6 Å². The van der Waals surface area contributed by atoms with Crippen molar-refractivity contribution in [2.45, 2.75) is 25.9 Å². The number of carbonyl (C=O) groups excluding carboxylic acids is 1. The van der Waals surface area contributed by atoms with Gasteiger partial charge in [0.1, 0.15) is 11.6 Å². The van der Waals surface area contributed by atoms with Gasteiger partial charge in [-0.25, -0.2) is 22.8 Å². The Morgan fingerprint density at radius 3 is 2.37 bits per heavy atom. The number of esters is 1. The number of nitrogens with one attached hydrogen (secondary N) is 1. The first-order chi connectivity index (χ1) is 18.1. The number of thiol groups is 1. The molecule has 0 saturated carbocycles. The number of hydrogen-bond acceptors (Lipinski definition) is 7. The lowest BCUT2D eigenvalue weighted by molar-refractivity contribution is -0.148. The van der Waals surface area contributed by atoms with E-state index in [1.54, 1.807) is 24.0 Å². The maximum Gasteiger partial charge on any atom is 0.451 e. The quantitative estimate of drug-likeness (QED) is 0.249. The van der Waals surface area contributed by atoms with Gasteiger partial charge in [-0.05, 0) is 61.7 Å². The highest BCUT2D eigenvalue weighted by Gasteiger charge is 2.38. The molecule has 8 nitrogen and oxygen atoms in total. The zero-order chi connectivity index (χ0) is 27.4. The van der Waals surface area contributed by atoms with Crippen LogP contribution < -0.4 is 9.62 Å². The fourth-order valence-corrected chi connectivity index (χ4v) is 4.67. The highest BCUT2D eigenvalue weighted by atomic mass is 32.2. The Morgan fingerprint density at radius 2 is 1.76 bits per heavy atom. The number of carbonyl (C=O) groups is 1. The SMILES string of the molecule is CCOC(=O)C1CCN(c2nc(C(F)(F)F)nc(-c3ccc(F)cc3)c2-c2cccc(N[SH](=O)=O)c2)CC1. The van der Waals surface area contributed by atoms with Crippen LogP contribution in [0.2, 0.25) is 0 Å². The van der Waals surface area contributed by atoms with Crippen LogP contribution in [0.15, 0.2) is 48.5 Å². The number of anilines is 2. The summed E-state index contributed by atoms with van der Waals surface area (Å²) < 4.78 is 85.3. The Labute approximate surface area is 217 Å². The maximum atomic E-state index is 13.9. The third-order valence-corrected chi connectivity index (χ3v) is 6.49. The maximum absolute atomic E-state index is 13.9. The number of aromatic nitrogens is 2. The summed E-state index contributed by atoms with van der Waals surface area (Å²) in [4.78, 5) is 21.6. The Bertz CT molecular complexity index is 1380. The van der Waals surface area contributed by atoms with E-state index in [1.807, 2.05) is 0 Å². The van der Waals surface area contributed by atoms with Crippen LogP contribution in [0.1, 0.15) is 25.6 Å². The second kappa shape index (κ2) is 11.3. The van der Waals surface area contributed by atoms with Gasteiger partial charge >= 0.3 is 12.1 Å². The van der Waals surface area contributed by atoms with Gasteiger partial charge in [0.2, 0.25) is 16.7 Å².